The van der Waals surface area contributed by atoms with Gasteiger partial charge in [-0.05, 0) is 36.4 Å². The van der Waals surface area contributed by atoms with Crippen molar-refractivity contribution in [1.82, 2.24) is 0 Å². The van der Waals surface area contributed by atoms with Crippen LogP contribution in [0, 0.1) is 5.82 Å². The van der Waals surface area contributed by atoms with Crippen molar-refractivity contribution in [3.63, 3.8) is 0 Å². The summed E-state index contributed by atoms with van der Waals surface area (Å²) in [5.41, 5.74) is 2.43. The number of amides is 1. The molecule has 0 fully saturated rings. The molecule has 120 valence electrons. The average Bonchev–Trinajstić information content (AvgIpc) is 3.03. The summed E-state index contributed by atoms with van der Waals surface area (Å²) in [6.45, 7) is 0.443. The number of fused-ring (bicyclic) bond motifs is 3. The Hall–Kier alpha value is -2.37. The van der Waals surface area contributed by atoms with E-state index >= 15 is 0 Å². The van der Waals surface area contributed by atoms with E-state index in [0.717, 1.165) is 21.8 Å². The molecule has 0 bridgehead atoms. The fourth-order valence-corrected chi connectivity index (χ4v) is 3.85. The number of rotatable bonds is 2. The van der Waals surface area contributed by atoms with Crippen molar-refractivity contribution >= 4 is 34.5 Å². The Bertz CT molecular complexity index is 954. The Labute approximate surface area is 146 Å². The molecule has 1 amide bonds. The van der Waals surface area contributed by atoms with Crippen LogP contribution in [0.25, 0.3) is 10.4 Å². The molecule has 0 saturated carbocycles. The van der Waals surface area contributed by atoms with Gasteiger partial charge in [-0.2, -0.15) is 0 Å². The maximum absolute atomic E-state index is 13.2. The van der Waals surface area contributed by atoms with Crippen molar-refractivity contribution in [2.45, 2.75) is 6.61 Å². The van der Waals surface area contributed by atoms with E-state index in [0.29, 0.717) is 17.2 Å². The summed E-state index contributed by atoms with van der Waals surface area (Å²) in [5.74, 6) is 0.0497. The molecule has 3 aromatic rings. The second kappa shape index (κ2) is 5.92. The minimum atomic E-state index is -0.519. The standard InChI is InChI=1S/C18H11ClFNO2S/c19-13-8-11(5-6-14(13)20)21-18(22)16-7-10-9-23-15-4-2-1-3-12(15)17(10)24-16/h1-8H,9H2,(H,21,22). The van der Waals surface area contributed by atoms with Crippen LogP contribution >= 0.6 is 22.9 Å². The smallest absolute Gasteiger partial charge is 0.265 e. The molecule has 3 nitrogen and oxygen atoms in total. The summed E-state index contributed by atoms with van der Waals surface area (Å²) in [4.78, 5) is 14.1. The van der Waals surface area contributed by atoms with E-state index < -0.39 is 5.82 Å². The summed E-state index contributed by atoms with van der Waals surface area (Å²) in [6.07, 6.45) is 0. The first kappa shape index (κ1) is 15.2. The number of thiophene rings is 1. The summed E-state index contributed by atoms with van der Waals surface area (Å²) in [7, 11) is 0. The maximum Gasteiger partial charge on any atom is 0.265 e. The van der Waals surface area contributed by atoms with Crippen molar-refractivity contribution in [2.24, 2.45) is 0 Å². The second-order valence-electron chi connectivity index (χ2n) is 5.33. The Kier molecular flexibility index (Phi) is 3.75. The van der Waals surface area contributed by atoms with Gasteiger partial charge in [0.15, 0.2) is 0 Å². The first-order valence-corrected chi connectivity index (χ1v) is 8.42. The zero-order chi connectivity index (χ0) is 16.7. The molecule has 1 aliphatic rings. The first-order valence-electron chi connectivity index (χ1n) is 7.23. The lowest BCUT2D eigenvalue weighted by molar-refractivity contribution is 0.103. The number of hydrogen-bond acceptors (Lipinski definition) is 3. The van der Waals surface area contributed by atoms with Crippen LogP contribution in [0.1, 0.15) is 15.2 Å². The monoisotopic (exact) mass is 359 g/mol. The van der Waals surface area contributed by atoms with Gasteiger partial charge < -0.3 is 10.1 Å². The van der Waals surface area contributed by atoms with Gasteiger partial charge in [-0.25, -0.2) is 4.39 Å². The first-order chi connectivity index (χ1) is 11.6. The quantitative estimate of drug-likeness (QED) is 0.669. The Morgan fingerprint density at radius 1 is 1.21 bits per heavy atom. The highest BCUT2D eigenvalue weighted by atomic mass is 35.5. The van der Waals surface area contributed by atoms with E-state index in [1.54, 1.807) is 0 Å². The van der Waals surface area contributed by atoms with E-state index in [-0.39, 0.29) is 10.9 Å². The number of ether oxygens (including phenoxy) is 1. The van der Waals surface area contributed by atoms with Crippen LogP contribution in [0.15, 0.2) is 48.5 Å². The SMILES string of the molecule is O=C(Nc1ccc(F)c(Cl)c1)c1cc2c(s1)-c1ccccc1OC2. The molecule has 2 aromatic carbocycles. The van der Waals surface area contributed by atoms with E-state index in [1.165, 1.54) is 29.5 Å². The Balaban J connectivity index is 1.63. The fraction of sp³-hybridized carbons (Fsp3) is 0.0556. The highest BCUT2D eigenvalue weighted by Crippen LogP contribution is 2.42. The van der Waals surface area contributed by atoms with Crippen LogP contribution in [0.5, 0.6) is 5.75 Å². The molecule has 1 aliphatic heterocycles. The van der Waals surface area contributed by atoms with Gasteiger partial charge in [-0.3, -0.25) is 4.79 Å². The Morgan fingerprint density at radius 2 is 2.04 bits per heavy atom. The number of hydrogen-bond donors (Lipinski definition) is 1. The van der Waals surface area contributed by atoms with Crippen LogP contribution in [0.4, 0.5) is 10.1 Å². The van der Waals surface area contributed by atoms with Crippen molar-refractivity contribution in [3.8, 4) is 16.2 Å². The molecule has 0 unspecified atom stereocenters. The van der Waals surface area contributed by atoms with E-state index in [1.807, 2.05) is 30.3 Å². The van der Waals surface area contributed by atoms with Crippen molar-refractivity contribution in [3.05, 3.63) is 69.8 Å². The molecule has 24 heavy (non-hydrogen) atoms. The van der Waals surface area contributed by atoms with Crippen LogP contribution in [0.2, 0.25) is 5.02 Å². The predicted molar refractivity (Wildman–Crippen MR) is 93.5 cm³/mol. The Morgan fingerprint density at radius 3 is 2.88 bits per heavy atom. The zero-order valence-corrected chi connectivity index (χ0v) is 13.9. The molecule has 0 radical (unpaired) electrons. The van der Waals surface area contributed by atoms with Crippen molar-refractivity contribution in [1.29, 1.82) is 0 Å². The topological polar surface area (TPSA) is 38.3 Å². The number of nitrogens with one attached hydrogen (secondary N) is 1. The van der Waals surface area contributed by atoms with Crippen molar-refractivity contribution in [2.75, 3.05) is 5.32 Å². The van der Waals surface area contributed by atoms with E-state index in [9.17, 15) is 9.18 Å². The van der Waals surface area contributed by atoms with Gasteiger partial charge in [0.05, 0.1) is 9.90 Å². The maximum atomic E-state index is 13.2. The molecule has 0 aliphatic carbocycles. The third-order valence-corrected chi connectivity index (χ3v) is 5.22. The summed E-state index contributed by atoms with van der Waals surface area (Å²) < 4.78 is 18.9. The third kappa shape index (κ3) is 2.66. The lowest BCUT2D eigenvalue weighted by atomic mass is 10.1. The number of benzene rings is 2. The zero-order valence-electron chi connectivity index (χ0n) is 12.3. The second-order valence-corrected chi connectivity index (χ2v) is 6.79. The molecular weight excluding hydrogens is 349 g/mol. The molecule has 2 heterocycles. The van der Waals surface area contributed by atoms with Crippen LogP contribution in [-0.4, -0.2) is 5.91 Å². The minimum absolute atomic E-state index is 0.0272. The molecule has 1 aromatic heterocycles. The summed E-state index contributed by atoms with van der Waals surface area (Å²) >= 11 is 7.16. The van der Waals surface area contributed by atoms with Crippen molar-refractivity contribution < 1.29 is 13.9 Å². The number of anilines is 1. The van der Waals surface area contributed by atoms with Gasteiger partial charge in [0, 0.05) is 21.7 Å². The van der Waals surface area contributed by atoms with Crippen LogP contribution < -0.4 is 10.1 Å². The van der Waals surface area contributed by atoms with Gasteiger partial charge in [-0.1, -0.05) is 23.7 Å². The normalized spacial score (nSPS) is 12.1. The molecule has 0 atom stereocenters. The van der Waals surface area contributed by atoms with Gasteiger partial charge >= 0.3 is 0 Å². The van der Waals surface area contributed by atoms with Gasteiger partial charge in [0.25, 0.3) is 5.91 Å². The van der Waals surface area contributed by atoms with Crippen LogP contribution in [-0.2, 0) is 6.61 Å². The molecular formula is C18H11ClFNO2S. The van der Waals surface area contributed by atoms with E-state index in [2.05, 4.69) is 5.32 Å². The van der Waals surface area contributed by atoms with Crippen LogP contribution in [0.3, 0.4) is 0 Å². The summed E-state index contributed by atoms with van der Waals surface area (Å²) in [5, 5.41) is 2.71. The third-order valence-electron chi connectivity index (χ3n) is 3.73. The number of carbonyl (C=O) groups excluding carboxylic acids is 1. The number of halogens is 2. The van der Waals surface area contributed by atoms with Gasteiger partial charge in [0.1, 0.15) is 18.2 Å². The van der Waals surface area contributed by atoms with Gasteiger partial charge in [0.2, 0.25) is 0 Å². The molecule has 0 spiro atoms. The molecule has 0 saturated heterocycles. The lowest BCUT2D eigenvalue weighted by Crippen LogP contribution is -2.10. The fourth-order valence-electron chi connectivity index (χ4n) is 2.58. The highest BCUT2D eigenvalue weighted by molar-refractivity contribution is 7.17. The molecule has 4 rings (SSSR count). The minimum Gasteiger partial charge on any atom is -0.488 e. The molecule has 1 N–H and O–H groups in total. The van der Waals surface area contributed by atoms with Gasteiger partial charge in [-0.15, -0.1) is 11.3 Å². The number of carbonyl (C=O) groups is 1. The molecule has 6 heteroatoms. The summed E-state index contributed by atoms with van der Waals surface area (Å²) in [6, 6.07) is 13.7. The van der Waals surface area contributed by atoms with E-state index in [4.69, 9.17) is 16.3 Å². The largest absolute Gasteiger partial charge is 0.488 e. The predicted octanol–water partition coefficient (Wildman–Crippen LogP) is 5.35. The average molecular weight is 360 g/mol. The highest BCUT2D eigenvalue weighted by Gasteiger charge is 2.22. The number of para-hydroxylation sites is 1. The lowest BCUT2D eigenvalue weighted by Gasteiger charge is -2.16.